The van der Waals surface area contributed by atoms with Crippen LogP contribution >= 0.6 is 11.5 Å². The van der Waals surface area contributed by atoms with Gasteiger partial charge in [0.15, 0.2) is 0 Å². The summed E-state index contributed by atoms with van der Waals surface area (Å²) in [5, 5.41) is 7.20. The number of rotatable bonds is 8. The summed E-state index contributed by atoms with van der Waals surface area (Å²) in [4.78, 5) is 26.8. The van der Waals surface area contributed by atoms with Crippen LogP contribution in [0.1, 0.15) is 47.8 Å². The minimum absolute atomic E-state index is 0.194. The highest BCUT2D eigenvalue weighted by molar-refractivity contribution is 7.07. The van der Waals surface area contributed by atoms with E-state index in [1.165, 1.54) is 23.2 Å². The summed E-state index contributed by atoms with van der Waals surface area (Å²) in [7, 11) is 0. The van der Waals surface area contributed by atoms with Gasteiger partial charge in [0.1, 0.15) is 11.5 Å². The molecule has 8 nitrogen and oxygen atoms in total. The zero-order valence-electron chi connectivity index (χ0n) is 25.1. The molecule has 0 saturated carbocycles. The number of halogens is 1. The number of hydrogen-bond donors (Lipinski definition) is 2. The standard InChI is InChI=1S/C35H34FN7OS/c1-22-18-37-14-15-42(22)31-13-12-28(17-30(31)36)40-35-38-19-26-16-29(23(2)24-8-4-3-5-9-24)34(44)43(33(26)41-35)21-27-20-39-45-32(27)25-10-6-7-11-25/h3-5,8-10,12-13,16-17,19-20,22,37H,2,6-7,11,14-15,18,21H2,1H3,(H,38,40,41). The second-order valence-corrected chi connectivity index (χ2v) is 12.4. The van der Waals surface area contributed by atoms with Gasteiger partial charge in [0.2, 0.25) is 5.95 Å². The van der Waals surface area contributed by atoms with Gasteiger partial charge in [-0.1, -0.05) is 43.0 Å². The van der Waals surface area contributed by atoms with Crippen molar-refractivity contribution in [3.63, 3.8) is 0 Å². The molecule has 2 aromatic carbocycles. The highest BCUT2D eigenvalue weighted by atomic mass is 32.1. The van der Waals surface area contributed by atoms with E-state index in [9.17, 15) is 4.79 Å². The molecule has 4 heterocycles. The average Bonchev–Trinajstić information content (AvgIpc) is 3.76. The average molecular weight is 620 g/mol. The molecule has 45 heavy (non-hydrogen) atoms. The first-order valence-electron chi connectivity index (χ1n) is 15.3. The van der Waals surface area contributed by atoms with E-state index in [1.54, 1.807) is 16.8 Å². The molecule has 1 aliphatic heterocycles. The molecule has 2 N–H and O–H groups in total. The third-order valence-electron chi connectivity index (χ3n) is 8.59. The highest BCUT2D eigenvalue weighted by Crippen LogP contribution is 2.33. The first kappa shape index (κ1) is 29.1. The largest absolute Gasteiger partial charge is 0.364 e. The Balaban J connectivity index is 1.27. The molecule has 0 radical (unpaired) electrons. The van der Waals surface area contributed by atoms with Gasteiger partial charge in [-0.2, -0.15) is 4.98 Å². The Morgan fingerprint density at radius 1 is 1.18 bits per heavy atom. The number of nitrogens with one attached hydrogen (secondary N) is 2. The van der Waals surface area contributed by atoms with E-state index in [2.05, 4.69) is 44.5 Å². The number of piperazine rings is 1. The maximum Gasteiger partial charge on any atom is 0.260 e. The van der Waals surface area contributed by atoms with E-state index < -0.39 is 0 Å². The summed E-state index contributed by atoms with van der Waals surface area (Å²) in [6.07, 6.45) is 9.00. The van der Waals surface area contributed by atoms with Crippen molar-refractivity contribution in [3.8, 4) is 0 Å². The van der Waals surface area contributed by atoms with E-state index in [1.807, 2.05) is 48.7 Å². The summed E-state index contributed by atoms with van der Waals surface area (Å²) >= 11 is 1.46. The molecule has 1 unspecified atom stereocenters. The molecule has 1 atom stereocenters. The number of pyridine rings is 1. The number of fused-ring (bicyclic) bond motifs is 1. The van der Waals surface area contributed by atoms with Gasteiger partial charge >= 0.3 is 0 Å². The zero-order valence-corrected chi connectivity index (χ0v) is 25.9. The third-order valence-corrected chi connectivity index (χ3v) is 9.51. The zero-order chi connectivity index (χ0) is 30.9. The van der Waals surface area contributed by atoms with Crippen LogP contribution in [0.2, 0.25) is 0 Å². The fourth-order valence-electron chi connectivity index (χ4n) is 6.21. The van der Waals surface area contributed by atoms with Crippen LogP contribution in [-0.4, -0.2) is 44.6 Å². The SMILES string of the molecule is C=C(c1ccccc1)c1cc2cnc(Nc3ccc(N4CCNCC4C)c(F)c3)nc2n(Cc2cnsc2C2=CCCC2)c1=O. The third kappa shape index (κ3) is 5.79. The predicted octanol–water partition coefficient (Wildman–Crippen LogP) is 6.61. The van der Waals surface area contributed by atoms with Gasteiger partial charge in [0.25, 0.3) is 5.56 Å². The number of allylic oxidation sites excluding steroid dienone is 2. The lowest BCUT2D eigenvalue weighted by Crippen LogP contribution is -2.50. The van der Waals surface area contributed by atoms with Gasteiger partial charge in [0, 0.05) is 60.3 Å². The normalized spacial score (nSPS) is 16.6. The molecule has 5 aromatic rings. The predicted molar refractivity (Wildman–Crippen MR) is 181 cm³/mol. The van der Waals surface area contributed by atoms with E-state index in [4.69, 9.17) is 4.98 Å². The van der Waals surface area contributed by atoms with Crippen molar-refractivity contribution in [1.82, 2.24) is 24.2 Å². The van der Waals surface area contributed by atoms with Crippen molar-refractivity contribution in [3.05, 3.63) is 117 Å². The molecule has 228 valence electrons. The van der Waals surface area contributed by atoms with Crippen LogP contribution in [-0.2, 0) is 6.54 Å². The Bertz CT molecular complexity index is 1980. The lowest BCUT2D eigenvalue weighted by Gasteiger charge is -2.36. The van der Waals surface area contributed by atoms with Gasteiger partial charge in [-0.05, 0) is 78.7 Å². The van der Waals surface area contributed by atoms with Gasteiger partial charge in [0.05, 0.1) is 17.1 Å². The molecule has 0 amide bonds. The van der Waals surface area contributed by atoms with Crippen molar-refractivity contribution < 1.29 is 4.39 Å². The van der Waals surface area contributed by atoms with Crippen LogP contribution in [0.5, 0.6) is 0 Å². The molecule has 1 fully saturated rings. The fraction of sp³-hybridized carbons (Fsp3) is 0.257. The molecule has 1 aliphatic carbocycles. The Morgan fingerprint density at radius 3 is 2.82 bits per heavy atom. The van der Waals surface area contributed by atoms with Crippen molar-refractivity contribution >= 4 is 51.0 Å². The van der Waals surface area contributed by atoms with Crippen LogP contribution < -0.4 is 21.1 Å². The second-order valence-electron chi connectivity index (χ2n) is 11.6. The van der Waals surface area contributed by atoms with Gasteiger partial charge < -0.3 is 15.5 Å². The van der Waals surface area contributed by atoms with Crippen LogP contribution in [0.4, 0.5) is 21.7 Å². The molecule has 3 aromatic heterocycles. The molecular formula is C35H34FN7OS. The van der Waals surface area contributed by atoms with Crippen molar-refractivity contribution in [2.24, 2.45) is 0 Å². The second kappa shape index (κ2) is 12.4. The lowest BCUT2D eigenvalue weighted by atomic mass is 10.00. The number of nitrogens with zero attached hydrogens (tertiary/aromatic N) is 5. The summed E-state index contributed by atoms with van der Waals surface area (Å²) in [6, 6.07) is 16.8. The quantitative estimate of drug-likeness (QED) is 0.202. The number of anilines is 3. The lowest BCUT2D eigenvalue weighted by molar-refractivity contribution is 0.491. The van der Waals surface area contributed by atoms with Crippen LogP contribution in [0.3, 0.4) is 0 Å². The molecule has 10 heteroatoms. The Kier molecular flexibility index (Phi) is 7.99. The van der Waals surface area contributed by atoms with Crippen molar-refractivity contribution in [2.45, 2.75) is 38.8 Å². The van der Waals surface area contributed by atoms with E-state index >= 15 is 4.39 Å². The highest BCUT2D eigenvalue weighted by Gasteiger charge is 2.22. The van der Waals surface area contributed by atoms with Crippen molar-refractivity contribution in [1.29, 1.82) is 0 Å². The Morgan fingerprint density at radius 2 is 2.04 bits per heavy atom. The summed E-state index contributed by atoms with van der Waals surface area (Å²) in [6.45, 7) is 9.04. The molecule has 2 aliphatic rings. The Labute approximate surface area is 265 Å². The van der Waals surface area contributed by atoms with E-state index in [0.29, 0.717) is 40.1 Å². The van der Waals surface area contributed by atoms with Crippen LogP contribution in [0.25, 0.3) is 22.2 Å². The van der Waals surface area contributed by atoms with E-state index in [0.717, 1.165) is 54.9 Å². The van der Waals surface area contributed by atoms with Gasteiger partial charge in [-0.25, -0.2) is 13.7 Å². The van der Waals surface area contributed by atoms with Gasteiger partial charge in [-0.15, -0.1) is 0 Å². The maximum absolute atomic E-state index is 15.3. The maximum atomic E-state index is 15.3. The first-order valence-corrected chi connectivity index (χ1v) is 16.1. The molecular weight excluding hydrogens is 585 g/mol. The minimum atomic E-state index is -0.311. The van der Waals surface area contributed by atoms with E-state index in [-0.39, 0.29) is 23.4 Å². The molecule has 0 spiro atoms. The first-order chi connectivity index (χ1) is 22.0. The van der Waals surface area contributed by atoms with Crippen molar-refractivity contribution in [2.75, 3.05) is 29.9 Å². The van der Waals surface area contributed by atoms with Crippen LogP contribution in [0.15, 0.2) is 84.4 Å². The van der Waals surface area contributed by atoms with Gasteiger partial charge in [-0.3, -0.25) is 9.36 Å². The smallest absolute Gasteiger partial charge is 0.260 e. The topological polar surface area (TPSA) is 88.0 Å². The van der Waals surface area contributed by atoms with Crippen LogP contribution in [0, 0.1) is 5.82 Å². The number of hydrogen-bond acceptors (Lipinski definition) is 8. The molecule has 0 bridgehead atoms. The minimum Gasteiger partial charge on any atom is -0.364 e. The number of aromatic nitrogens is 4. The fourth-order valence-corrected chi connectivity index (χ4v) is 7.03. The summed E-state index contributed by atoms with van der Waals surface area (Å²) in [5.41, 5.74) is 5.64. The molecule has 1 saturated heterocycles. The molecule has 7 rings (SSSR count). The number of benzene rings is 2. The summed E-state index contributed by atoms with van der Waals surface area (Å²) in [5.74, 6) is -0.0376. The monoisotopic (exact) mass is 619 g/mol. The summed E-state index contributed by atoms with van der Waals surface area (Å²) < 4.78 is 21.5. The Hall–Kier alpha value is -4.67.